The molecule has 0 bridgehead atoms. The minimum absolute atomic E-state index is 0.116. The molecule has 1 aliphatic rings. The van der Waals surface area contributed by atoms with Crippen LogP contribution in [0.2, 0.25) is 0 Å². The maximum atomic E-state index is 13.8. The van der Waals surface area contributed by atoms with Crippen LogP contribution in [-0.4, -0.2) is 52.8 Å². The van der Waals surface area contributed by atoms with E-state index in [1.165, 1.54) is 10.8 Å². The van der Waals surface area contributed by atoms with Crippen molar-refractivity contribution in [3.05, 3.63) is 128 Å². The standard InChI is InChI=1S/C31H32N2O7/c1-20-18-33(29(37)32-28(20)36)30(17-24(35)27(19-34)40-30)31(21-11-5-4-6-12-21,22-13-7-9-15-25(22)38-2)23-14-8-10-16-26(23)39-3/h4-16,18,24,27,34-35H,17,19H2,1-3H3,(H,32,36,37)/t24-,27+,30-/m0/s1. The largest absolute Gasteiger partial charge is 0.496 e. The van der Waals surface area contributed by atoms with Crippen LogP contribution in [0.15, 0.2) is 94.6 Å². The lowest BCUT2D eigenvalue weighted by Gasteiger charge is -2.50. The molecule has 1 fully saturated rings. The maximum absolute atomic E-state index is 13.8. The Labute approximate surface area is 231 Å². The number of nitrogens with one attached hydrogen (secondary N) is 1. The van der Waals surface area contributed by atoms with E-state index in [4.69, 9.17) is 14.2 Å². The van der Waals surface area contributed by atoms with Crippen molar-refractivity contribution in [2.24, 2.45) is 0 Å². The summed E-state index contributed by atoms with van der Waals surface area (Å²) >= 11 is 0. The van der Waals surface area contributed by atoms with Crippen molar-refractivity contribution in [2.45, 2.75) is 36.7 Å². The maximum Gasteiger partial charge on any atom is 0.330 e. The van der Waals surface area contributed by atoms with Crippen molar-refractivity contribution in [1.82, 2.24) is 9.55 Å². The van der Waals surface area contributed by atoms with Gasteiger partial charge >= 0.3 is 5.69 Å². The number of aryl methyl sites for hydroxylation is 1. The molecule has 1 saturated heterocycles. The molecule has 40 heavy (non-hydrogen) atoms. The van der Waals surface area contributed by atoms with Crippen LogP contribution in [0.4, 0.5) is 0 Å². The number of benzene rings is 3. The van der Waals surface area contributed by atoms with E-state index in [2.05, 4.69) is 4.98 Å². The number of methoxy groups -OCH3 is 2. The summed E-state index contributed by atoms with van der Waals surface area (Å²) < 4.78 is 19.9. The van der Waals surface area contributed by atoms with Gasteiger partial charge in [0.1, 0.15) is 23.0 Å². The molecule has 3 aromatic carbocycles. The van der Waals surface area contributed by atoms with E-state index in [1.807, 2.05) is 78.9 Å². The normalized spacial score (nSPS) is 20.8. The van der Waals surface area contributed by atoms with Gasteiger partial charge in [-0.15, -0.1) is 0 Å². The van der Waals surface area contributed by atoms with Gasteiger partial charge in [-0.05, 0) is 24.6 Å². The fourth-order valence-electron chi connectivity index (χ4n) is 6.06. The molecule has 1 aromatic heterocycles. The number of hydrogen-bond donors (Lipinski definition) is 3. The Morgan fingerprint density at radius 3 is 2.02 bits per heavy atom. The van der Waals surface area contributed by atoms with Gasteiger partial charge in [-0.25, -0.2) is 4.79 Å². The van der Waals surface area contributed by atoms with Gasteiger partial charge < -0.3 is 24.4 Å². The van der Waals surface area contributed by atoms with Crippen LogP contribution in [0.25, 0.3) is 0 Å². The highest BCUT2D eigenvalue weighted by molar-refractivity contribution is 5.61. The van der Waals surface area contributed by atoms with E-state index in [-0.39, 0.29) is 12.0 Å². The predicted molar refractivity (Wildman–Crippen MR) is 149 cm³/mol. The third-order valence-electron chi connectivity index (χ3n) is 7.77. The van der Waals surface area contributed by atoms with E-state index < -0.39 is 41.2 Å². The SMILES string of the molecule is COc1ccccc1C(c1ccccc1)(c1ccccc1OC)[C@]1(n2cc(C)c(=O)[nH]c2=O)C[C@H](O)[C@@H](CO)O1. The van der Waals surface area contributed by atoms with Crippen molar-refractivity contribution >= 4 is 0 Å². The molecular weight excluding hydrogens is 512 g/mol. The first-order valence-corrected chi connectivity index (χ1v) is 13.0. The number of rotatable bonds is 8. The van der Waals surface area contributed by atoms with Crippen LogP contribution in [0, 0.1) is 6.92 Å². The minimum atomic E-state index is -1.73. The van der Waals surface area contributed by atoms with Gasteiger partial charge in [0.25, 0.3) is 5.56 Å². The zero-order valence-electron chi connectivity index (χ0n) is 22.5. The Hall–Kier alpha value is -4.18. The molecule has 2 heterocycles. The van der Waals surface area contributed by atoms with Crippen molar-refractivity contribution in [3.8, 4) is 11.5 Å². The van der Waals surface area contributed by atoms with Gasteiger partial charge in [-0.3, -0.25) is 14.3 Å². The Bertz CT molecular complexity index is 1570. The second kappa shape index (κ2) is 10.8. The quantitative estimate of drug-likeness (QED) is 0.292. The number of H-pyrrole nitrogens is 1. The molecular formula is C31H32N2O7. The molecule has 3 N–H and O–H groups in total. The molecule has 5 rings (SSSR count). The smallest absolute Gasteiger partial charge is 0.330 e. The summed E-state index contributed by atoms with van der Waals surface area (Å²) in [6.07, 6.45) is -0.867. The van der Waals surface area contributed by atoms with Crippen LogP contribution >= 0.6 is 0 Å². The molecule has 0 aliphatic carbocycles. The van der Waals surface area contributed by atoms with Gasteiger partial charge in [0.2, 0.25) is 0 Å². The molecule has 0 amide bonds. The molecule has 0 radical (unpaired) electrons. The number of aromatic amines is 1. The van der Waals surface area contributed by atoms with Crippen LogP contribution in [-0.2, 0) is 15.9 Å². The Morgan fingerprint density at radius 1 is 0.950 bits per heavy atom. The number of aliphatic hydroxyl groups excluding tert-OH is 2. The number of hydrogen-bond acceptors (Lipinski definition) is 7. The van der Waals surface area contributed by atoms with E-state index >= 15 is 0 Å². The molecule has 0 spiro atoms. The first-order chi connectivity index (χ1) is 19.3. The summed E-state index contributed by atoms with van der Waals surface area (Å²) in [6.45, 7) is 1.09. The zero-order chi connectivity index (χ0) is 28.5. The average molecular weight is 545 g/mol. The Kier molecular flexibility index (Phi) is 7.37. The van der Waals surface area contributed by atoms with Gasteiger partial charge in [-0.1, -0.05) is 66.7 Å². The highest BCUT2D eigenvalue weighted by atomic mass is 16.6. The number of aliphatic hydroxyl groups is 2. The van der Waals surface area contributed by atoms with Crippen molar-refractivity contribution in [1.29, 1.82) is 0 Å². The van der Waals surface area contributed by atoms with Crippen molar-refractivity contribution in [2.75, 3.05) is 20.8 Å². The fourth-order valence-corrected chi connectivity index (χ4v) is 6.06. The lowest BCUT2D eigenvalue weighted by Crippen LogP contribution is -2.59. The highest BCUT2D eigenvalue weighted by Crippen LogP contribution is 2.59. The molecule has 0 unspecified atom stereocenters. The van der Waals surface area contributed by atoms with Gasteiger partial charge in [0.15, 0.2) is 5.72 Å². The predicted octanol–water partition coefficient (Wildman–Crippen LogP) is 2.69. The summed E-state index contributed by atoms with van der Waals surface area (Å²) in [5.74, 6) is 0.993. The van der Waals surface area contributed by atoms with Crippen LogP contribution in [0.5, 0.6) is 11.5 Å². The number of ether oxygens (including phenoxy) is 3. The first-order valence-electron chi connectivity index (χ1n) is 13.0. The minimum Gasteiger partial charge on any atom is -0.496 e. The first kappa shape index (κ1) is 27.4. The van der Waals surface area contributed by atoms with E-state index in [0.29, 0.717) is 28.2 Å². The molecule has 9 nitrogen and oxygen atoms in total. The van der Waals surface area contributed by atoms with Gasteiger partial charge in [-0.2, -0.15) is 0 Å². The average Bonchev–Trinajstić information content (AvgIpc) is 3.33. The summed E-state index contributed by atoms with van der Waals surface area (Å²) in [6, 6.07) is 24.2. The summed E-state index contributed by atoms with van der Waals surface area (Å²) in [5, 5.41) is 21.6. The number of para-hydroxylation sites is 2. The van der Waals surface area contributed by atoms with Crippen LogP contribution < -0.4 is 20.7 Å². The van der Waals surface area contributed by atoms with Gasteiger partial charge in [0, 0.05) is 29.3 Å². The number of nitrogens with zero attached hydrogens (tertiary/aromatic N) is 1. The van der Waals surface area contributed by atoms with Crippen molar-refractivity contribution in [3.63, 3.8) is 0 Å². The van der Waals surface area contributed by atoms with Crippen LogP contribution in [0.1, 0.15) is 28.7 Å². The Morgan fingerprint density at radius 2 is 1.50 bits per heavy atom. The third-order valence-corrected chi connectivity index (χ3v) is 7.77. The summed E-state index contributed by atoms with van der Waals surface area (Å²) in [4.78, 5) is 28.7. The molecule has 0 saturated carbocycles. The monoisotopic (exact) mass is 544 g/mol. The van der Waals surface area contributed by atoms with E-state index in [0.717, 1.165) is 0 Å². The molecule has 4 aromatic rings. The summed E-state index contributed by atoms with van der Waals surface area (Å²) in [7, 11) is 3.11. The third kappa shape index (κ3) is 4.05. The van der Waals surface area contributed by atoms with Gasteiger partial charge in [0.05, 0.1) is 26.9 Å². The topological polar surface area (TPSA) is 123 Å². The fraction of sp³-hybridized carbons (Fsp3) is 0.290. The summed E-state index contributed by atoms with van der Waals surface area (Å²) in [5.41, 5.74) is -2.20. The molecule has 1 aliphatic heterocycles. The molecule has 3 atom stereocenters. The second-order valence-electron chi connectivity index (χ2n) is 9.85. The molecule has 208 valence electrons. The lowest BCUT2D eigenvalue weighted by atomic mass is 9.61. The highest BCUT2D eigenvalue weighted by Gasteiger charge is 2.65. The Balaban J connectivity index is 2.09. The number of aromatic nitrogens is 2. The van der Waals surface area contributed by atoms with Crippen molar-refractivity contribution < 1.29 is 24.4 Å². The lowest BCUT2D eigenvalue weighted by molar-refractivity contribution is -0.148. The van der Waals surface area contributed by atoms with Crippen LogP contribution in [0.3, 0.4) is 0 Å². The molecule has 9 heteroatoms. The zero-order valence-corrected chi connectivity index (χ0v) is 22.5. The second-order valence-corrected chi connectivity index (χ2v) is 9.85. The van der Waals surface area contributed by atoms with E-state index in [1.54, 1.807) is 21.1 Å². The van der Waals surface area contributed by atoms with E-state index in [9.17, 15) is 19.8 Å².